The average Bonchev–Trinajstić information content (AvgIpc) is 3.19. The molecule has 0 radical (unpaired) electrons. The van der Waals surface area contributed by atoms with E-state index in [-0.39, 0.29) is 6.61 Å². The summed E-state index contributed by atoms with van der Waals surface area (Å²) in [7, 11) is 0. The molecule has 0 spiro atoms. The number of hydrogen-bond acceptors (Lipinski definition) is 3. The van der Waals surface area contributed by atoms with Crippen molar-refractivity contribution in [2.75, 3.05) is 6.61 Å². The highest BCUT2D eigenvalue weighted by molar-refractivity contribution is 5.73. The van der Waals surface area contributed by atoms with Gasteiger partial charge in [0.05, 0.1) is 5.41 Å². The topological polar surface area (TPSA) is 58.6 Å². The Morgan fingerprint density at radius 3 is 2.38 bits per heavy atom. The van der Waals surface area contributed by atoms with Gasteiger partial charge in [-0.05, 0) is 57.2 Å². The van der Waals surface area contributed by atoms with Gasteiger partial charge in [-0.15, -0.1) is 0 Å². The van der Waals surface area contributed by atoms with E-state index in [1.54, 1.807) is 13.8 Å². The molecule has 1 saturated carbocycles. The van der Waals surface area contributed by atoms with E-state index in [9.17, 15) is 4.79 Å². The van der Waals surface area contributed by atoms with Crippen LogP contribution in [0.25, 0.3) is 0 Å². The van der Waals surface area contributed by atoms with Gasteiger partial charge in [-0.3, -0.25) is 4.79 Å². The summed E-state index contributed by atoms with van der Waals surface area (Å²) >= 11 is 0. The second-order valence-corrected chi connectivity index (χ2v) is 6.69. The summed E-state index contributed by atoms with van der Waals surface area (Å²) in [4.78, 5) is 11.1. The summed E-state index contributed by atoms with van der Waals surface area (Å²) in [5.41, 5.74) is 2.49. The van der Waals surface area contributed by atoms with Crippen LogP contribution in [0.1, 0.15) is 43.4 Å². The van der Waals surface area contributed by atoms with Crippen molar-refractivity contribution in [2.45, 2.75) is 53.1 Å². The smallest absolute Gasteiger partial charge is 0.312 e. The Labute approximate surface area is 126 Å². The zero-order valence-electron chi connectivity index (χ0n) is 13.3. The maximum Gasteiger partial charge on any atom is 0.312 e. The fourth-order valence-corrected chi connectivity index (χ4v) is 2.23. The standard InChI is InChI=1S/C17H25NO3/c1-11-7-13(9-18-14-5-6-14)8-12(2)15(11)21-10-17(3,4)16(19)20/h7-8,14,18H,5-6,9-10H2,1-4H3,(H,19,20). The van der Waals surface area contributed by atoms with Crippen molar-refractivity contribution in [1.29, 1.82) is 0 Å². The third kappa shape index (κ3) is 4.21. The minimum Gasteiger partial charge on any atom is -0.492 e. The van der Waals surface area contributed by atoms with Crippen LogP contribution in [0.2, 0.25) is 0 Å². The van der Waals surface area contributed by atoms with E-state index in [1.807, 2.05) is 13.8 Å². The maximum atomic E-state index is 11.1. The van der Waals surface area contributed by atoms with Crippen LogP contribution in [-0.2, 0) is 11.3 Å². The van der Waals surface area contributed by atoms with Gasteiger partial charge in [0.25, 0.3) is 0 Å². The molecule has 0 unspecified atom stereocenters. The van der Waals surface area contributed by atoms with Crippen LogP contribution >= 0.6 is 0 Å². The van der Waals surface area contributed by atoms with E-state index >= 15 is 0 Å². The highest BCUT2D eigenvalue weighted by atomic mass is 16.5. The molecule has 2 N–H and O–H groups in total. The first-order valence-corrected chi connectivity index (χ1v) is 7.49. The van der Waals surface area contributed by atoms with Crippen LogP contribution in [0.4, 0.5) is 0 Å². The van der Waals surface area contributed by atoms with Crippen molar-refractivity contribution < 1.29 is 14.6 Å². The normalized spacial score (nSPS) is 15.0. The van der Waals surface area contributed by atoms with Crippen molar-refractivity contribution in [3.8, 4) is 5.75 Å². The zero-order valence-corrected chi connectivity index (χ0v) is 13.3. The molecule has 0 aromatic heterocycles. The number of nitrogens with one attached hydrogen (secondary N) is 1. The van der Waals surface area contributed by atoms with E-state index in [4.69, 9.17) is 9.84 Å². The van der Waals surface area contributed by atoms with E-state index in [1.165, 1.54) is 18.4 Å². The molecule has 1 aromatic rings. The van der Waals surface area contributed by atoms with Gasteiger partial charge in [0.1, 0.15) is 12.4 Å². The number of aryl methyl sites for hydroxylation is 2. The monoisotopic (exact) mass is 291 g/mol. The zero-order chi connectivity index (χ0) is 15.6. The van der Waals surface area contributed by atoms with Gasteiger partial charge < -0.3 is 15.2 Å². The lowest BCUT2D eigenvalue weighted by Gasteiger charge is -2.22. The number of carboxylic acid groups (broad SMARTS) is 1. The van der Waals surface area contributed by atoms with Gasteiger partial charge in [-0.2, -0.15) is 0 Å². The van der Waals surface area contributed by atoms with Gasteiger partial charge in [0.2, 0.25) is 0 Å². The molecular formula is C17H25NO3. The van der Waals surface area contributed by atoms with E-state index in [2.05, 4.69) is 17.4 Å². The van der Waals surface area contributed by atoms with Crippen LogP contribution < -0.4 is 10.1 Å². The second-order valence-electron chi connectivity index (χ2n) is 6.69. The van der Waals surface area contributed by atoms with Gasteiger partial charge in [-0.25, -0.2) is 0 Å². The van der Waals surface area contributed by atoms with Gasteiger partial charge in [0, 0.05) is 12.6 Å². The van der Waals surface area contributed by atoms with Crippen molar-refractivity contribution >= 4 is 5.97 Å². The number of rotatable bonds is 7. The third-order valence-electron chi connectivity index (χ3n) is 3.85. The molecule has 0 aliphatic heterocycles. The average molecular weight is 291 g/mol. The second kappa shape index (κ2) is 6.06. The van der Waals surface area contributed by atoms with E-state index < -0.39 is 11.4 Å². The number of carboxylic acids is 1. The summed E-state index contributed by atoms with van der Waals surface area (Å²) in [5, 5.41) is 12.6. The Bertz CT molecular complexity index is 510. The lowest BCUT2D eigenvalue weighted by atomic mass is 9.95. The molecule has 0 bridgehead atoms. The molecule has 0 heterocycles. The molecule has 0 atom stereocenters. The molecule has 1 fully saturated rings. The first kappa shape index (κ1) is 15.8. The molecule has 4 heteroatoms. The predicted molar refractivity (Wildman–Crippen MR) is 82.7 cm³/mol. The van der Waals surface area contributed by atoms with Gasteiger partial charge >= 0.3 is 5.97 Å². The Morgan fingerprint density at radius 1 is 1.33 bits per heavy atom. The fourth-order valence-electron chi connectivity index (χ4n) is 2.23. The lowest BCUT2D eigenvalue weighted by Crippen LogP contribution is -2.31. The first-order chi connectivity index (χ1) is 9.79. The Hall–Kier alpha value is -1.55. The van der Waals surface area contributed by atoms with Crippen molar-refractivity contribution in [1.82, 2.24) is 5.32 Å². The van der Waals surface area contributed by atoms with E-state index in [0.29, 0.717) is 6.04 Å². The quantitative estimate of drug-likeness (QED) is 0.810. The molecule has 1 aliphatic rings. The molecule has 0 saturated heterocycles. The largest absolute Gasteiger partial charge is 0.492 e. The van der Waals surface area contributed by atoms with Crippen LogP contribution in [0.15, 0.2) is 12.1 Å². The highest BCUT2D eigenvalue weighted by Crippen LogP contribution is 2.28. The number of carbonyl (C=O) groups is 1. The lowest BCUT2D eigenvalue weighted by molar-refractivity contribution is -0.148. The minimum absolute atomic E-state index is 0.170. The maximum absolute atomic E-state index is 11.1. The number of ether oxygens (including phenoxy) is 1. The molecule has 1 aliphatic carbocycles. The molecule has 2 rings (SSSR count). The van der Waals surface area contributed by atoms with Crippen LogP contribution in [0, 0.1) is 19.3 Å². The highest BCUT2D eigenvalue weighted by Gasteiger charge is 2.28. The van der Waals surface area contributed by atoms with Gasteiger partial charge in [-0.1, -0.05) is 12.1 Å². The summed E-state index contributed by atoms with van der Waals surface area (Å²) in [5.74, 6) is -0.0393. The Balaban J connectivity index is 2.03. The summed E-state index contributed by atoms with van der Waals surface area (Å²) < 4.78 is 5.79. The van der Waals surface area contributed by atoms with Crippen molar-refractivity contribution in [3.05, 3.63) is 28.8 Å². The number of hydrogen-bond donors (Lipinski definition) is 2. The van der Waals surface area contributed by atoms with Crippen molar-refractivity contribution in [2.24, 2.45) is 5.41 Å². The van der Waals surface area contributed by atoms with Gasteiger partial charge in [0.15, 0.2) is 0 Å². The van der Waals surface area contributed by atoms with E-state index in [0.717, 1.165) is 23.4 Å². The number of aliphatic carboxylic acids is 1. The summed E-state index contributed by atoms with van der Waals surface area (Å²) in [6.45, 7) is 8.42. The number of benzene rings is 1. The molecular weight excluding hydrogens is 266 g/mol. The molecule has 1 aromatic carbocycles. The summed E-state index contributed by atoms with van der Waals surface area (Å²) in [6.07, 6.45) is 2.56. The molecule has 21 heavy (non-hydrogen) atoms. The molecule has 116 valence electrons. The Morgan fingerprint density at radius 2 is 1.90 bits per heavy atom. The fraction of sp³-hybridized carbons (Fsp3) is 0.588. The molecule has 4 nitrogen and oxygen atoms in total. The first-order valence-electron chi connectivity index (χ1n) is 7.49. The SMILES string of the molecule is Cc1cc(CNC2CC2)cc(C)c1OCC(C)(C)C(=O)O. The summed E-state index contributed by atoms with van der Waals surface area (Å²) in [6, 6.07) is 4.93. The van der Waals surface area contributed by atoms with Crippen LogP contribution in [0.3, 0.4) is 0 Å². The van der Waals surface area contributed by atoms with Crippen molar-refractivity contribution in [3.63, 3.8) is 0 Å². The van der Waals surface area contributed by atoms with Crippen LogP contribution in [-0.4, -0.2) is 23.7 Å². The third-order valence-corrected chi connectivity index (χ3v) is 3.85. The van der Waals surface area contributed by atoms with Crippen LogP contribution in [0.5, 0.6) is 5.75 Å². The minimum atomic E-state index is -0.884. The molecule has 0 amide bonds. The predicted octanol–water partition coefficient (Wildman–Crippen LogP) is 3.05. The Kier molecular flexibility index (Phi) is 4.57.